The van der Waals surface area contributed by atoms with Crippen molar-refractivity contribution >= 4 is 5.69 Å². The van der Waals surface area contributed by atoms with Crippen LogP contribution in [0.5, 0.6) is 0 Å². The van der Waals surface area contributed by atoms with Crippen molar-refractivity contribution in [1.82, 2.24) is 20.2 Å². The van der Waals surface area contributed by atoms with Gasteiger partial charge in [-0.3, -0.25) is 0 Å². The van der Waals surface area contributed by atoms with Crippen LogP contribution >= 0.6 is 0 Å². The van der Waals surface area contributed by atoms with Crippen LogP contribution in [-0.2, 0) is 6.54 Å². The van der Waals surface area contributed by atoms with Gasteiger partial charge >= 0.3 is 0 Å². The molecule has 7 nitrogen and oxygen atoms in total. The first kappa shape index (κ1) is 18.6. The highest BCUT2D eigenvalue weighted by atomic mass is 19.1. The summed E-state index contributed by atoms with van der Waals surface area (Å²) in [5, 5.41) is 12.5. The van der Waals surface area contributed by atoms with Gasteiger partial charge in [0, 0.05) is 11.6 Å². The number of hydrogen-bond donors (Lipinski definition) is 1. The van der Waals surface area contributed by atoms with E-state index >= 15 is 0 Å². The Morgan fingerprint density at radius 3 is 2.54 bits per heavy atom. The zero-order chi connectivity index (χ0) is 19.5. The quantitative estimate of drug-likeness (QED) is 0.698. The molecule has 0 saturated carbocycles. The van der Waals surface area contributed by atoms with E-state index in [0.717, 1.165) is 43.5 Å². The Hall–Kier alpha value is -2.74. The summed E-state index contributed by atoms with van der Waals surface area (Å²) in [4.78, 5) is 3.79. The van der Waals surface area contributed by atoms with Gasteiger partial charge in [0.1, 0.15) is 18.1 Å². The Kier molecular flexibility index (Phi) is 5.38. The number of quaternary nitrogens is 1. The summed E-state index contributed by atoms with van der Waals surface area (Å²) in [6, 6.07) is 10.8. The molecular formula is C20H26FN6O+. The number of benzene rings is 1. The SMILES string of the molecule is CC(C)[C@@H](c1nnnn1Cc1ccco1)[NH+]1CCN(c2ccc(F)cc2)CC1. The fourth-order valence-electron chi connectivity index (χ4n) is 4.06. The van der Waals surface area contributed by atoms with E-state index in [4.69, 9.17) is 4.42 Å². The summed E-state index contributed by atoms with van der Waals surface area (Å²) >= 11 is 0. The zero-order valence-electron chi connectivity index (χ0n) is 16.3. The molecule has 1 atom stereocenters. The molecule has 1 aliphatic rings. The van der Waals surface area contributed by atoms with Crippen LogP contribution in [0.25, 0.3) is 0 Å². The molecule has 0 amide bonds. The predicted molar refractivity (Wildman–Crippen MR) is 103 cm³/mol. The van der Waals surface area contributed by atoms with Gasteiger partial charge in [0.15, 0.2) is 6.04 Å². The van der Waals surface area contributed by atoms with Crippen LogP contribution < -0.4 is 9.80 Å². The molecule has 2 aromatic heterocycles. The first-order chi connectivity index (χ1) is 13.6. The summed E-state index contributed by atoms with van der Waals surface area (Å²) in [6.07, 6.45) is 1.67. The highest BCUT2D eigenvalue weighted by molar-refractivity contribution is 5.46. The third-order valence-electron chi connectivity index (χ3n) is 5.43. The van der Waals surface area contributed by atoms with Gasteiger partial charge in [0.2, 0.25) is 5.82 Å². The molecular weight excluding hydrogens is 359 g/mol. The van der Waals surface area contributed by atoms with E-state index in [9.17, 15) is 4.39 Å². The molecule has 0 bridgehead atoms. The van der Waals surface area contributed by atoms with Gasteiger partial charge in [-0.15, -0.1) is 5.10 Å². The topological polar surface area (TPSA) is 64.4 Å². The highest BCUT2D eigenvalue weighted by Gasteiger charge is 2.35. The minimum absolute atomic E-state index is 0.198. The standard InChI is InChI=1S/C20H25FN6O/c1-15(2)19(20-22-23-24-27(20)14-18-4-3-13-28-18)26-11-9-25(10-12-26)17-7-5-16(21)6-8-17/h3-8,13,15,19H,9-12,14H2,1-2H3/p+1/t19-/m0/s1. The largest absolute Gasteiger partial charge is 0.467 e. The number of halogens is 1. The zero-order valence-corrected chi connectivity index (χ0v) is 16.3. The Bertz CT molecular complexity index is 869. The van der Waals surface area contributed by atoms with E-state index in [2.05, 4.69) is 34.3 Å². The maximum atomic E-state index is 13.2. The van der Waals surface area contributed by atoms with Crippen LogP contribution in [0.4, 0.5) is 10.1 Å². The van der Waals surface area contributed by atoms with Crippen LogP contribution in [-0.4, -0.2) is 46.4 Å². The molecule has 0 radical (unpaired) electrons. The maximum absolute atomic E-state index is 13.2. The van der Waals surface area contributed by atoms with E-state index < -0.39 is 0 Å². The molecule has 28 heavy (non-hydrogen) atoms. The Morgan fingerprint density at radius 2 is 1.89 bits per heavy atom. The van der Waals surface area contributed by atoms with Gasteiger partial charge in [-0.25, -0.2) is 9.07 Å². The van der Waals surface area contributed by atoms with Crippen molar-refractivity contribution in [3.63, 3.8) is 0 Å². The second-order valence-electron chi connectivity index (χ2n) is 7.62. The van der Waals surface area contributed by atoms with Crippen LogP contribution in [0.2, 0.25) is 0 Å². The lowest BCUT2D eigenvalue weighted by Crippen LogP contribution is -3.15. The normalized spacial score (nSPS) is 16.6. The monoisotopic (exact) mass is 385 g/mol. The number of piperazine rings is 1. The average Bonchev–Trinajstić information content (AvgIpc) is 3.36. The molecule has 0 spiro atoms. The molecule has 4 rings (SSSR count). The fourth-order valence-corrected chi connectivity index (χ4v) is 4.06. The molecule has 0 aliphatic carbocycles. The first-order valence-corrected chi connectivity index (χ1v) is 9.75. The van der Waals surface area contributed by atoms with Gasteiger partial charge < -0.3 is 14.2 Å². The van der Waals surface area contributed by atoms with Crippen LogP contribution in [0.3, 0.4) is 0 Å². The molecule has 1 aliphatic heterocycles. The minimum Gasteiger partial charge on any atom is -0.467 e. The van der Waals surface area contributed by atoms with Gasteiger partial charge in [-0.05, 0) is 46.8 Å². The molecule has 1 saturated heterocycles. The van der Waals surface area contributed by atoms with Crippen molar-refractivity contribution in [3.05, 3.63) is 60.1 Å². The Labute approximate surface area is 163 Å². The third kappa shape index (κ3) is 3.91. The Morgan fingerprint density at radius 1 is 1.14 bits per heavy atom. The molecule has 0 unspecified atom stereocenters. The van der Waals surface area contributed by atoms with Crippen molar-refractivity contribution in [1.29, 1.82) is 0 Å². The second kappa shape index (κ2) is 8.10. The molecule has 3 heterocycles. The molecule has 148 valence electrons. The highest BCUT2D eigenvalue weighted by Crippen LogP contribution is 2.19. The van der Waals surface area contributed by atoms with Gasteiger partial charge in [-0.2, -0.15) is 0 Å². The number of aromatic nitrogens is 4. The van der Waals surface area contributed by atoms with Crippen LogP contribution in [0.15, 0.2) is 47.1 Å². The van der Waals surface area contributed by atoms with Crippen molar-refractivity contribution in [3.8, 4) is 0 Å². The summed E-state index contributed by atoms with van der Waals surface area (Å²) < 4.78 is 20.5. The van der Waals surface area contributed by atoms with Crippen molar-refractivity contribution in [2.24, 2.45) is 5.92 Å². The van der Waals surface area contributed by atoms with Gasteiger partial charge in [-0.1, -0.05) is 13.8 Å². The first-order valence-electron chi connectivity index (χ1n) is 9.75. The van der Waals surface area contributed by atoms with E-state index in [1.165, 1.54) is 17.0 Å². The number of hydrogen-bond acceptors (Lipinski definition) is 5. The Balaban J connectivity index is 1.48. The number of anilines is 1. The van der Waals surface area contributed by atoms with Crippen molar-refractivity contribution in [2.75, 3.05) is 31.1 Å². The van der Waals surface area contributed by atoms with Crippen molar-refractivity contribution < 1.29 is 13.7 Å². The summed E-state index contributed by atoms with van der Waals surface area (Å²) in [6.45, 7) is 8.77. The molecule has 1 fully saturated rings. The van der Waals surface area contributed by atoms with Crippen LogP contribution in [0.1, 0.15) is 31.5 Å². The summed E-state index contributed by atoms with van der Waals surface area (Å²) in [5.41, 5.74) is 1.07. The number of nitrogens with zero attached hydrogens (tertiary/aromatic N) is 5. The summed E-state index contributed by atoms with van der Waals surface area (Å²) in [5.74, 6) is 1.94. The van der Waals surface area contributed by atoms with Crippen molar-refractivity contribution in [2.45, 2.75) is 26.4 Å². The number of nitrogens with one attached hydrogen (secondary N) is 1. The predicted octanol–water partition coefficient (Wildman–Crippen LogP) is 1.56. The van der Waals surface area contributed by atoms with E-state index in [1.807, 2.05) is 28.9 Å². The molecule has 1 aromatic carbocycles. The van der Waals surface area contributed by atoms with E-state index in [1.54, 1.807) is 6.26 Å². The molecule has 1 N–H and O–H groups in total. The van der Waals surface area contributed by atoms with E-state index in [-0.39, 0.29) is 11.9 Å². The number of rotatable bonds is 6. The van der Waals surface area contributed by atoms with Crippen LogP contribution in [0, 0.1) is 11.7 Å². The smallest absolute Gasteiger partial charge is 0.210 e. The third-order valence-corrected chi connectivity index (χ3v) is 5.43. The average molecular weight is 385 g/mol. The minimum atomic E-state index is -0.198. The van der Waals surface area contributed by atoms with Gasteiger partial charge in [0.05, 0.1) is 32.4 Å². The lowest BCUT2D eigenvalue weighted by molar-refractivity contribution is -0.937. The van der Waals surface area contributed by atoms with Gasteiger partial charge in [0.25, 0.3) is 0 Å². The van der Waals surface area contributed by atoms with E-state index in [0.29, 0.717) is 12.5 Å². The fraction of sp³-hybridized carbons (Fsp3) is 0.450. The lowest BCUT2D eigenvalue weighted by Gasteiger charge is -2.38. The second-order valence-corrected chi connectivity index (χ2v) is 7.62. The lowest BCUT2D eigenvalue weighted by atomic mass is 10.0. The number of tetrazole rings is 1. The molecule has 3 aromatic rings. The molecule has 8 heteroatoms. The number of furan rings is 1. The maximum Gasteiger partial charge on any atom is 0.210 e. The summed E-state index contributed by atoms with van der Waals surface area (Å²) in [7, 11) is 0.